The predicted octanol–water partition coefficient (Wildman–Crippen LogP) is 2.62. The molecule has 0 aliphatic rings. The number of ether oxygens (including phenoxy) is 1. The van der Waals surface area contributed by atoms with E-state index in [0.717, 1.165) is 0 Å². The van der Waals surface area contributed by atoms with E-state index in [1.807, 2.05) is 0 Å². The summed E-state index contributed by atoms with van der Waals surface area (Å²) in [7, 11) is 1.46. The number of carbonyl (C=O) groups is 1. The van der Waals surface area contributed by atoms with Gasteiger partial charge in [-0.1, -0.05) is 0 Å². The van der Waals surface area contributed by atoms with Crippen LogP contribution in [0.2, 0.25) is 0 Å². The van der Waals surface area contributed by atoms with Crippen molar-refractivity contribution < 1.29 is 18.4 Å². The molecule has 0 aromatic carbocycles. The second-order valence-corrected chi connectivity index (χ2v) is 3.52. The molecule has 0 fully saturated rings. The van der Waals surface area contributed by atoms with Crippen LogP contribution < -0.4 is 0 Å². The smallest absolute Gasteiger partial charge is 0.237 e. The minimum absolute atomic E-state index is 0.251. The maximum atomic E-state index is 12.2. The van der Waals surface area contributed by atoms with Crippen LogP contribution in [0.5, 0.6) is 0 Å². The van der Waals surface area contributed by atoms with E-state index in [2.05, 4.69) is 0 Å². The first-order valence-electron chi connectivity index (χ1n) is 4.86. The topological polar surface area (TPSA) is 52.6 Å². The second kappa shape index (κ2) is 3.98. The number of rotatable bonds is 4. The summed E-state index contributed by atoms with van der Waals surface area (Å²) in [5, 5.41) is 0. The predicted molar refractivity (Wildman–Crippen MR) is 56.1 cm³/mol. The van der Waals surface area contributed by atoms with Crippen LogP contribution >= 0.6 is 0 Å². The van der Waals surface area contributed by atoms with E-state index in [1.54, 1.807) is 31.2 Å². The average molecular weight is 220 g/mol. The van der Waals surface area contributed by atoms with Crippen molar-refractivity contribution in [3.63, 3.8) is 0 Å². The summed E-state index contributed by atoms with van der Waals surface area (Å²) in [4.78, 5) is 12.2. The van der Waals surface area contributed by atoms with Gasteiger partial charge in [-0.05, 0) is 31.2 Å². The van der Waals surface area contributed by atoms with E-state index < -0.39 is 5.60 Å². The van der Waals surface area contributed by atoms with Crippen LogP contribution in [0.3, 0.4) is 0 Å². The van der Waals surface area contributed by atoms with Crippen LogP contribution in [-0.4, -0.2) is 12.9 Å². The Kier molecular flexibility index (Phi) is 2.66. The average Bonchev–Trinajstić information content (AvgIpc) is 2.98. The highest BCUT2D eigenvalue weighted by molar-refractivity contribution is 6.00. The van der Waals surface area contributed by atoms with E-state index in [0.29, 0.717) is 5.76 Å². The molecule has 16 heavy (non-hydrogen) atoms. The van der Waals surface area contributed by atoms with E-state index >= 15 is 0 Å². The first-order chi connectivity index (χ1) is 7.68. The molecular weight excluding hydrogens is 208 g/mol. The Morgan fingerprint density at radius 2 is 1.94 bits per heavy atom. The van der Waals surface area contributed by atoms with Gasteiger partial charge in [0.1, 0.15) is 5.76 Å². The van der Waals surface area contributed by atoms with Crippen molar-refractivity contribution >= 4 is 5.78 Å². The van der Waals surface area contributed by atoms with Gasteiger partial charge in [-0.2, -0.15) is 0 Å². The molecule has 4 nitrogen and oxygen atoms in total. The molecule has 2 heterocycles. The van der Waals surface area contributed by atoms with Crippen molar-refractivity contribution in [3.8, 4) is 0 Å². The van der Waals surface area contributed by atoms with E-state index in [-0.39, 0.29) is 11.5 Å². The Hall–Kier alpha value is -1.81. The van der Waals surface area contributed by atoms with Crippen LogP contribution in [0.15, 0.2) is 45.6 Å². The Bertz CT molecular complexity index is 455. The van der Waals surface area contributed by atoms with E-state index in [9.17, 15) is 4.79 Å². The number of hydrogen-bond acceptors (Lipinski definition) is 4. The zero-order valence-electron chi connectivity index (χ0n) is 9.10. The molecule has 0 saturated heterocycles. The molecule has 2 aromatic heterocycles. The van der Waals surface area contributed by atoms with Crippen LogP contribution in [-0.2, 0) is 10.3 Å². The third-order valence-corrected chi connectivity index (χ3v) is 2.58. The summed E-state index contributed by atoms with van der Waals surface area (Å²) in [6.07, 6.45) is 2.95. The lowest BCUT2D eigenvalue weighted by molar-refractivity contribution is -0.00386. The Balaban J connectivity index is 2.39. The molecule has 0 spiro atoms. The fourth-order valence-corrected chi connectivity index (χ4v) is 1.50. The van der Waals surface area contributed by atoms with E-state index in [1.165, 1.54) is 19.6 Å². The summed E-state index contributed by atoms with van der Waals surface area (Å²) in [5.74, 6) is 0.437. The van der Waals surface area contributed by atoms with Gasteiger partial charge in [0, 0.05) is 7.11 Å². The molecule has 1 unspecified atom stereocenters. The molecule has 84 valence electrons. The Morgan fingerprint density at radius 1 is 1.25 bits per heavy atom. The minimum atomic E-state index is -1.15. The van der Waals surface area contributed by atoms with Gasteiger partial charge in [-0.25, -0.2) is 0 Å². The monoisotopic (exact) mass is 220 g/mol. The van der Waals surface area contributed by atoms with Gasteiger partial charge in [-0.15, -0.1) is 0 Å². The Labute approximate surface area is 92.8 Å². The molecule has 4 heteroatoms. The van der Waals surface area contributed by atoms with Gasteiger partial charge < -0.3 is 13.6 Å². The van der Waals surface area contributed by atoms with Crippen LogP contribution in [0, 0.1) is 0 Å². The third-order valence-electron chi connectivity index (χ3n) is 2.58. The molecule has 0 N–H and O–H groups in total. The lowest BCUT2D eigenvalue weighted by atomic mass is 9.96. The molecular formula is C12H12O4. The zero-order chi connectivity index (χ0) is 11.6. The van der Waals surface area contributed by atoms with Crippen molar-refractivity contribution in [2.24, 2.45) is 0 Å². The van der Waals surface area contributed by atoms with Crippen LogP contribution in [0.25, 0.3) is 0 Å². The number of methoxy groups -OCH3 is 1. The fraction of sp³-hybridized carbons (Fsp3) is 0.250. The zero-order valence-corrected chi connectivity index (χ0v) is 9.10. The summed E-state index contributed by atoms with van der Waals surface area (Å²) in [5.41, 5.74) is -1.15. The first kappa shape index (κ1) is 10.7. The maximum absolute atomic E-state index is 12.2. The lowest BCUT2D eigenvalue weighted by Crippen LogP contribution is -2.34. The lowest BCUT2D eigenvalue weighted by Gasteiger charge is -2.22. The molecule has 0 bridgehead atoms. The van der Waals surface area contributed by atoms with Crippen molar-refractivity contribution in [1.29, 1.82) is 0 Å². The first-order valence-corrected chi connectivity index (χ1v) is 4.86. The van der Waals surface area contributed by atoms with Crippen LogP contribution in [0.1, 0.15) is 23.2 Å². The molecule has 1 atom stereocenters. The van der Waals surface area contributed by atoms with Gasteiger partial charge in [0.25, 0.3) is 0 Å². The van der Waals surface area contributed by atoms with Gasteiger partial charge >= 0.3 is 0 Å². The van der Waals surface area contributed by atoms with Crippen molar-refractivity contribution in [2.45, 2.75) is 12.5 Å². The summed E-state index contributed by atoms with van der Waals surface area (Å²) >= 11 is 0. The molecule has 2 rings (SSSR count). The molecule has 0 aliphatic heterocycles. The number of carbonyl (C=O) groups excluding carboxylic acids is 1. The SMILES string of the molecule is COC(C)(C(=O)c1ccco1)c1ccco1. The molecule has 2 aromatic rings. The highest BCUT2D eigenvalue weighted by Gasteiger charge is 2.40. The van der Waals surface area contributed by atoms with Crippen LogP contribution in [0.4, 0.5) is 0 Å². The van der Waals surface area contributed by atoms with E-state index in [4.69, 9.17) is 13.6 Å². The quantitative estimate of drug-likeness (QED) is 0.743. The number of furan rings is 2. The number of Topliss-reactive ketones (excluding diaryl/α,β-unsaturated/α-hetero) is 1. The normalized spacial score (nSPS) is 14.6. The summed E-state index contributed by atoms with van der Waals surface area (Å²) < 4.78 is 15.6. The summed E-state index contributed by atoms with van der Waals surface area (Å²) in [6, 6.07) is 6.67. The highest BCUT2D eigenvalue weighted by Crippen LogP contribution is 2.29. The van der Waals surface area contributed by atoms with Gasteiger partial charge in [-0.3, -0.25) is 4.79 Å². The molecule has 0 aliphatic carbocycles. The maximum Gasteiger partial charge on any atom is 0.237 e. The van der Waals surface area contributed by atoms with Gasteiger partial charge in [0.2, 0.25) is 5.78 Å². The largest absolute Gasteiger partial charge is 0.466 e. The molecule has 0 radical (unpaired) electrons. The molecule has 0 amide bonds. The van der Waals surface area contributed by atoms with Crippen molar-refractivity contribution in [2.75, 3.05) is 7.11 Å². The fourth-order valence-electron chi connectivity index (χ4n) is 1.50. The Morgan fingerprint density at radius 3 is 2.44 bits per heavy atom. The summed E-state index contributed by atoms with van der Waals surface area (Å²) in [6.45, 7) is 1.65. The number of hydrogen-bond donors (Lipinski definition) is 0. The minimum Gasteiger partial charge on any atom is -0.466 e. The molecule has 0 saturated carbocycles. The van der Waals surface area contributed by atoms with Gasteiger partial charge in [0.15, 0.2) is 11.4 Å². The standard InChI is InChI=1S/C12H12O4/c1-12(14-2,10-6-4-8-16-10)11(13)9-5-3-7-15-9/h3-8H,1-2H3. The number of ketones is 1. The van der Waals surface area contributed by atoms with Gasteiger partial charge in [0.05, 0.1) is 12.5 Å². The highest BCUT2D eigenvalue weighted by atomic mass is 16.5. The third kappa shape index (κ3) is 1.57. The second-order valence-electron chi connectivity index (χ2n) is 3.52. The van der Waals surface area contributed by atoms with Crippen molar-refractivity contribution in [1.82, 2.24) is 0 Å². The van der Waals surface area contributed by atoms with Crippen molar-refractivity contribution in [3.05, 3.63) is 48.3 Å².